The van der Waals surface area contributed by atoms with E-state index in [0.717, 1.165) is 6.20 Å². The fourth-order valence-electron chi connectivity index (χ4n) is 1.48. The summed E-state index contributed by atoms with van der Waals surface area (Å²) in [5.41, 5.74) is -0.556. The van der Waals surface area contributed by atoms with Gasteiger partial charge in [-0.05, 0) is 13.8 Å². The number of nitrogens with zero attached hydrogens (tertiary/aromatic N) is 2. The highest BCUT2D eigenvalue weighted by Gasteiger charge is 2.28. The lowest BCUT2D eigenvalue weighted by Crippen LogP contribution is -2.35. The molecule has 1 aromatic rings. The number of rotatable bonds is 2. The van der Waals surface area contributed by atoms with Gasteiger partial charge >= 0.3 is 0 Å². The summed E-state index contributed by atoms with van der Waals surface area (Å²) < 4.78 is 0.225. The molecular formula is C8H10N2O5. The van der Waals surface area contributed by atoms with Crippen LogP contribution in [0.5, 0.6) is 0 Å². The molecule has 0 aliphatic carbocycles. The molecule has 0 fully saturated rings. The second kappa shape index (κ2) is 3.79. The average Bonchev–Trinajstić information content (AvgIpc) is 1.99. The molecule has 0 amide bonds. The SMILES string of the molecule is Cc1c[n+]([O-])c(C(O)O)c(C)c1[N+](=O)[O-]. The zero-order valence-electron chi connectivity index (χ0n) is 8.17. The lowest BCUT2D eigenvalue weighted by molar-refractivity contribution is -0.624. The Kier molecular flexibility index (Phi) is 2.87. The lowest BCUT2D eigenvalue weighted by atomic mass is 10.1. The first-order valence-corrected chi connectivity index (χ1v) is 4.10. The Balaban J connectivity index is 3.56. The van der Waals surface area contributed by atoms with Crippen LogP contribution >= 0.6 is 0 Å². The van der Waals surface area contributed by atoms with E-state index in [0.29, 0.717) is 0 Å². The Morgan fingerprint density at radius 2 is 2.00 bits per heavy atom. The van der Waals surface area contributed by atoms with Gasteiger partial charge in [-0.3, -0.25) is 10.1 Å². The molecule has 0 aromatic carbocycles. The number of aromatic nitrogens is 1. The predicted octanol–water partition coefficient (Wildman–Crippen LogP) is -0.172. The second-order valence-electron chi connectivity index (χ2n) is 3.13. The molecule has 0 radical (unpaired) electrons. The number of aryl methyl sites for hydroxylation is 1. The Morgan fingerprint density at radius 1 is 1.47 bits per heavy atom. The summed E-state index contributed by atoms with van der Waals surface area (Å²) in [6.45, 7) is 2.71. The molecule has 1 rings (SSSR count). The van der Waals surface area contributed by atoms with Crippen LogP contribution in [0.15, 0.2) is 6.20 Å². The van der Waals surface area contributed by atoms with Gasteiger partial charge in [0.1, 0.15) is 5.56 Å². The highest BCUT2D eigenvalue weighted by Crippen LogP contribution is 2.25. The number of aliphatic hydroxyl groups excluding tert-OH is 1. The van der Waals surface area contributed by atoms with Crippen LogP contribution in [0.1, 0.15) is 23.1 Å². The molecule has 0 bridgehead atoms. The Hall–Kier alpha value is -1.73. The minimum Gasteiger partial charge on any atom is -0.618 e. The van der Waals surface area contributed by atoms with E-state index in [4.69, 9.17) is 10.2 Å². The average molecular weight is 214 g/mol. The van der Waals surface area contributed by atoms with Crippen molar-refractivity contribution in [3.05, 3.63) is 38.3 Å². The molecule has 0 saturated heterocycles. The van der Waals surface area contributed by atoms with Gasteiger partial charge in [0.05, 0.1) is 10.5 Å². The number of hydrogen-bond donors (Lipinski definition) is 2. The monoisotopic (exact) mass is 214 g/mol. The largest absolute Gasteiger partial charge is 0.618 e. The van der Waals surface area contributed by atoms with Gasteiger partial charge in [-0.15, -0.1) is 0 Å². The normalized spacial score (nSPS) is 10.7. The second-order valence-corrected chi connectivity index (χ2v) is 3.13. The fourth-order valence-corrected chi connectivity index (χ4v) is 1.48. The van der Waals surface area contributed by atoms with Crippen LogP contribution in [0.25, 0.3) is 0 Å². The Morgan fingerprint density at radius 3 is 2.40 bits per heavy atom. The Labute approximate surface area is 84.9 Å². The predicted molar refractivity (Wildman–Crippen MR) is 48.7 cm³/mol. The van der Waals surface area contributed by atoms with Gasteiger partial charge < -0.3 is 15.4 Å². The van der Waals surface area contributed by atoms with Crippen molar-refractivity contribution < 1.29 is 19.9 Å². The molecule has 82 valence electrons. The number of nitro groups is 1. The number of hydrogen-bond acceptors (Lipinski definition) is 5. The molecule has 1 aromatic heterocycles. The third-order valence-electron chi connectivity index (χ3n) is 2.09. The maximum atomic E-state index is 11.3. The zero-order valence-corrected chi connectivity index (χ0v) is 8.17. The lowest BCUT2D eigenvalue weighted by Gasteiger charge is -2.10. The summed E-state index contributed by atoms with van der Waals surface area (Å²) in [6.07, 6.45) is -1.08. The third-order valence-corrected chi connectivity index (χ3v) is 2.09. The third kappa shape index (κ3) is 1.88. The molecule has 0 unspecified atom stereocenters. The Bertz CT molecular complexity index is 416. The van der Waals surface area contributed by atoms with E-state index in [2.05, 4.69) is 0 Å². The van der Waals surface area contributed by atoms with E-state index in [1.54, 1.807) is 0 Å². The van der Waals surface area contributed by atoms with Crippen LogP contribution < -0.4 is 4.73 Å². The molecule has 7 nitrogen and oxygen atoms in total. The quantitative estimate of drug-likeness (QED) is 0.233. The van der Waals surface area contributed by atoms with Crippen LogP contribution in [0.4, 0.5) is 5.69 Å². The van der Waals surface area contributed by atoms with Crippen LogP contribution in [0, 0.1) is 29.2 Å². The summed E-state index contributed by atoms with van der Waals surface area (Å²) in [7, 11) is 0. The minimum atomic E-state index is -2.03. The summed E-state index contributed by atoms with van der Waals surface area (Å²) in [5.74, 6) is 0. The maximum absolute atomic E-state index is 11.3. The minimum absolute atomic E-state index is 0.0370. The first kappa shape index (κ1) is 11.3. The van der Waals surface area contributed by atoms with Crippen LogP contribution in [-0.4, -0.2) is 15.1 Å². The molecule has 15 heavy (non-hydrogen) atoms. The topological polar surface area (TPSA) is 111 Å². The number of pyridine rings is 1. The van der Waals surface area contributed by atoms with E-state index in [-0.39, 0.29) is 21.5 Å². The molecule has 1 heterocycles. The van der Waals surface area contributed by atoms with Crippen molar-refractivity contribution >= 4 is 5.69 Å². The first-order valence-electron chi connectivity index (χ1n) is 4.10. The highest BCUT2D eigenvalue weighted by atomic mass is 16.6. The summed E-state index contributed by atoms with van der Waals surface area (Å²) in [6, 6.07) is 0. The summed E-state index contributed by atoms with van der Waals surface area (Å²) >= 11 is 0. The molecule has 0 aliphatic heterocycles. The van der Waals surface area contributed by atoms with Crippen LogP contribution in [-0.2, 0) is 0 Å². The van der Waals surface area contributed by atoms with Crippen molar-refractivity contribution in [3.63, 3.8) is 0 Å². The van der Waals surface area contributed by atoms with Gasteiger partial charge in [-0.2, -0.15) is 4.73 Å². The smallest absolute Gasteiger partial charge is 0.287 e. The van der Waals surface area contributed by atoms with Gasteiger partial charge in [0.15, 0.2) is 6.20 Å². The van der Waals surface area contributed by atoms with Gasteiger partial charge in [-0.25, -0.2) is 0 Å². The highest BCUT2D eigenvalue weighted by molar-refractivity contribution is 5.45. The number of aliphatic hydroxyl groups is 2. The van der Waals surface area contributed by atoms with Crippen molar-refractivity contribution in [1.29, 1.82) is 0 Å². The van der Waals surface area contributed by atoms with Gasteiger partial charge in [0, 0.05) is 0 Å². The van der Waals surface area contributed by atoms with Crippen molar-refractivity contribution in [2.24, 2.45) is 0 Å². The van der Waals surface area contributed by atoms with E-state index in [9.17, 15) is 15.3 Å². The molecule has 0 aliphatic rings. The van der Waals surface area contributed by atoms with Crippen molar-refractivity contribution in [2.75, 3.05) is 0 Å². The molecule has 0 atom stereocenters. The van der Waals surface area contributed by atoms with Crippen LogP contribution in [0.3, 0.4) is 0 Å². The standard InChI is InChI=1S/C8H10N2O5/c1-4-3-9(13)7(8(11)12)5(2)6(4)10(14)15/h3,8,11-12H,1-2H3. The van der Waals surface area contributed by atoms with Gasteiger partial charge in [0.2, 0.25) is 6.29 Å². The summed E-state index contributed by atoms with van der Waals surface area (Å²) in [4.78, 5) is 10.0. The first-order chi connectivity index (χ1) is 6.86. The van der Waals surface area contributed by atoms with E-state index < -0.39 is 16.9 Å². The van der Waals surface area contributed by atoms with E-state index >= 15 is 0 Å². The molecule has 7 heteroatoms. The fraction of sp³-hybridized carbons (Fsp3) is 0.375. The van der Waals surface area contributed by atoms with Crippen molar-refractivity contribution in [1.82, 2.24) is 0 Å². The maximum Gasteiger partial charge on any atom is 0.287 e. The molecule has 2 N–H and O–H groups in total. The molecule has 0 spiro atoms. The van der Waals surface area contributed by atoms with Crippen LogP contribution in [0.2, 0.25) is 0 Å². The van der Waals surface area contributed by atoms with Crippen molar-refractivity contribution in [3.8, 4) is 0 Å². The molecule has 0 saturated carbocycles. The van der Waals surface area contributed by atoms with Gasteiger partial charge in [-0.1, -0.05) is 0 Å². The molecular weight excluding hydrogens is 204 g/mol. The van der Waals surface area contributed by atoms with Crippen molar-refractivity contribution in [2.45, 2.75) is 20.1 Å². The van der Waals surface area contributed by atoms with E-state index in [1.807, 2.05) is 0 Å². The summed E-state index contributed by atoms with van der Waals surface area (Å²) in [5, 5.41) is 39.7. The van der Waals surface area contributed by atoms with Gasteiger partial charge in [0.25, 0.3) is 11.4 Å². The van der Waals surface area contributed by atoms with E-state index in [1.165, 1.54) is 13.8 Å². The zero-order chi connectivity index (χ0) is 11.7.